The smallest absolute Gasteiger partial charge is 0.244 e. The lowest BCUT2D eigenvalue weighted by Crippen LogP contribution is -2.44. The maximum atomic E-state index is 12.4. The van der Waals surface area contributed by atoms with Crippen molar-refractivity contribution < 1.29 is 18.0 Å². The first kappa shape index (κ1) is 18.4. The standard InChI is InChI=1S/C17H24N2O4S/c1-4-14-7-5-6-12(2)17(14)18-16(21)10-19(13(3)20)15-8-9-24(22,23)11-15/h5-7,15H,4,8-11H2,1-3H3,(H,18,21). The summed E-state index contributed by atoms with van der Waals surface area (Å²) >= 11 is 0. The number of anilines is 1. The van der Waals surface area contributed by atoms with Gasteiger partial charge in [0.1, 0.15) is 6.54 Å². The van der Waals surface area contributed by atoms with Crippen molar-refractivity contribution in [3.63, 3.8) is 0 Å². The van der Waals surface area contributed by atoms with Gasteiger partial charge < -0.3 is 10.2 Å². The Bertz CT molecular complexity index is 743. The van der Waals surface area contributed by atoms with Crippen LogP contribution in [0, 0.1) is 6.92 Å². The number of sulfone groups is 1. The van der Waals surface area contributed by atoms with Crippen molar-refractivity contribution in [2.45, 2.75) is 39.7 Å². The topological polar surface area (TPSA) is 83.6 Å². The second-order valence-electron chi connectivity index (χ2n) is 6.21. The molecule has 2 rings (SSSR count). The third-order valence-corrected chi connectivity index (χ3v) is 6.12. The molecule has 0 radical (unpaired) electrons. The lowest BCUT2D eigenvalue weighted by atomic mass is 10.1. The summed E-state index contributed by atoms with van der Waals surface area (Å²) < 4.78 is 23.3. The van der Waals surface area contributed by atoms with E-state index in [9.17, 15) is 18.0 Å². The molecule has 0 spiro atoms. The second-order valence-corrected chi connectivity index (χ2v) is 8.44. The van der Waals surface area contributed by atoms with Gasteiger partial charge in [-0.05, 0) is 30.9 Å². The quantitative estimate of drug-likeness (QED) is 0.871. The average molecular weight is 352 g/mol. The highest BCUT2D eigenvalue weighted by molar-refractivity contribution is 7.91. The molecule has 1 unspecified atom stereocenters. The third-order valence-electron chi connectivity index (χ3n) is 4.37. The van der Waals surface area contributed by atoms with E-state index in [0.29, 0.717) is 6.42 Å². The van der Waals surface area contributed by atoms with E-state index in [1.807, 2.05) is 32.0 Å². The molecule has 0 bridgehead atoms. The van der Waals surface area contributed by atoms with Gasteiger partial charge in [0, 0.05) is 18.7 Å². The number of hydrogen-bond acceptors (Lipinski definition) is 4. The van der Waals surface area contributed by atoms with Crippen LogP contribution in [0.2, 0.25) is 0 Å². The molecule has 2 amide bonds. The molecule has 1 aliphatic heterocycles. The number of carbonyl (C=O) groups excluding carboxylic acids is 2. The molecule has 1 aromatic rings. The Kier molecular flexibility index (Phi) is 5.64. The molecule has 1 N–H and O–H groups in total. The molecule has 1 aliphatic rings. The minimum atomic E-state index is -3.11. The summed E-state index contributed by atoms with van der Waals surface area (Å²) in [4.78, 5) is 25.6. The molecular weight excluding hydrogens is 328 g/mol. The summed E-state index contributed by atoms with van der Waals surface area (Å²) in [6, 6.07) is 5.39. The van der Waals surface area contributed by atoms with Gasteiger partial charge in [-0.2, -0.15) is 0 Å². The zero-order valence-corrected chi connectivity index (χ0v) is 15.1. The van der Waals surface area contributed by atoms with Crippen molar-refractivity contribution in [2.75, 3.05) is 23.4 Å². The van der Waals surface area contributed by atoms with Gasteiger partial charge >= 0.3 is 0 Å². The predicted octanol–water partition coefficient (Wildman–Crippen LogP) is 1.53. The first-order valence-corrected chi connectivity index (χ1v) is 9.91. The van der Waals surface area contributed by atoms with Gasteiger partial charge in [-0.3, -0.25) is 9.59 Å². The maximum absolute atomic E-state index is 12.4. The van der Waals surface area contributed by atoms with Crippen molar-refractivity contribution in [1.29, 1.82) is 0 Å². The molecule has 0 saturated carbocycles. The molecule has 1 fully saturated rings. The predicted molar refractivity (Wildman–Crippen MR) is 93.6 cm³/mol. The van der Waals surface area contributed by atoms with E-state index in [-0.39, 0.29) is 29.9 Å². The monoisotopic (exact) mass is 352 g/mol. The molecule has 0 aliphatic carbocycles. The van der Waals surface area contributed by atoms with Crippen LogP contribution in [0.15, 0.2) is 18.2 Å². The number of para-hydroxylation sites is 1. The zero-order chi connectivity index (χ0) is 17.9. The zero-order valence-electron chi connectivity index (χ0n) is 14.3. The molecule has 1 heterocycles. The largest absolute Gasteiger partial charge is 0.330 e. The fourth-order valence-corrected chi connectivity index (χ4v) is 4.79. The van der Waals surface area contributed by atoms with Crippen LogP contribution in [0.25, 0.3) is 0 Å². The van der Waals surface area contributed by atoms with Crippen LogP contribution >= 0.6 is 0 Å². The van der Waals surface area contributed by atoms with E-state index in [4.69, 9.17) is 0 Å². The van der Waals surface area contributed by atoms with Crippen LogP contribution < -0.4 is 5.32 Å². The molecule has 1 atom stereocenters. The summed E-state index contributed by atoms with van der Waals surface area (Å²) in [6.45, 7) is 5.16. The van der Waals surface area contributed by atoms with Crippen LogP contribution in [0.3, 0.4) is 0 Å². The Morgan fingerprint density at radius 1 is 1.33 bits per heavy atom. The lowest BCUT2D eigenvalue weighted by molar-refractivity contribution is -0.134. The Morgan fingerprint density at radius 2 is 2.04 bits per heavy atom. The summed E-state index contributed by atoms with van der Waals surface area (Å²) in [6.07, 6.45) is 1.17. The van der Waals surface area contributed by atoms with Crippen molar-refractivity contribution in [1.82, 2.24) is 4.90 Å². The van der Waals surface area contributed by atoms with E-state index in [0.717, 1.165) is 23.2 Å². The molecule has 7 heteroatoms. The fraction of sp³-hybridized carbons (Fsp3) is 0.529. The first-order chi connectivity index (χ1) is 11.2. The number of aryl methyl sites for hydroxylation is 2. The van der Waals surface area contributed by atoms with E-state index >= 15 is 0 Å². The first-order valence-electron chi connectivity index (χ1n) is 8.09. The summed E-state index contributed by atoms with van der Waals surface area (Å²) in [7, 11) is -3.11. The van der Waals surface area contributed by atoms with E-state index in [1.165, 1.54) is 11.8 Å². The number of hydrogen-bond donors (Lipinski definition) is 1. The normalized spacial score (nSPS) is 19.0. The minimum absolute atomic E-state index is 0.0650. The Hall–Kier alpha value is -1.89. The van der Waals surface area contributed by atoms with Crippen molar-refractivity contribution in [3.8, 4) is 0 Å². The van der Waals surface area contributed by atoms with Crippen LogP contribution in [0.5, 0.6) is 0 Å². The highest BCUT2D eigenvalue weighted by atomic mass is 32.2. The lowest BCUT2D eigenvalue weighted by Gasteiger charge is -2.26. The van der Waals surface area contributed by atoms with Crippen LogP contribution in [-0.4, -0.2) is 49.2 Å². The minimum Gasteiger partial charge on any atom is -0.330 e. The van der Waals surface area contributed by atoms with Gasteiger partial charge in [0.2, 0.25) is 11.8 Å². The summed E-state index contributed by atoms with van der Waals surface area (Å²) in [5, 5.41) is 2.88. The van der Waals surface area contributed by atoms with Gasteiger partial charge in [0.05, 0.1) is 11.5 Å². The highest BCUT2D eigenvalue weighted by Gasteiger charge is 2.34. The van der Waals surface area contributed by atoms with Gasteiger partial charge in [-0.1, -0.05) is 25.1 Å². The summed E-state index contributed by atoms with van der Waals surface area (Å²) in [5.41, 5.74) is 2.76. The molecule has 1 saturated heterocycles. The van der Waals surface area contributed by atoms with Gasteiger partial charge in [-0.15, -0.1) is 0 Å². The van der Waals surface area contributed by atoms with E-state index < -0.39 is 15.9 Å². The number of carbonyl (C=O) groups is 2. The van der Waals surface area contributed by atoms with E-state index in [1.54, 1.807) is 0 Å². The van der Waals surface area contributed by atoms with Crippen LogP contribution in [0.4, 0.5) is 5.69 Å². The third kappa shape index (κ3) is 4.35. The highest BCUT2D eigenvalue weighted by Crippen LogP contribution is 2.22. The number of benzene rings is 1. The molecule has 24 heavy (non-hydrogen) atoms. The number of amides is 2. The molecule has 6 nitrogen and oxygen atoms in total. The molecular formula is C17H24N2O4S. The van der Waals surface area contributed by atoms with Gasteiger partial charge in [-0.25, -0.2) is 8.42 Å². The molecule has 0 aromatic heterocycles. The van der Waals surface area contributed by atoms with Gasteiger partial charge in [0.25, 0.3) is 0 Å². The molecule has 132 valence electrons. The van der Waals surface area contributed by atoms with Gasteiger partial charge in [0.15, 0.2) is 9.84 Å². The second kappa shape index (κ2) is 7.34. The summed E-state index contributed by atoms with van der Waals surface area (Å²) in [5.74, 6) is -0.586. The Labute approximate surface area is 143 Å². The van der Waals surface area contributed by atoms with E-state index in [2.05, 4.69) is 5.32 Å². The van der Waals surface area contributed by atoms with Crippen molar-refractivity contribution in [2.24, 2.45) is 0 Å². The van der Waals surface area contributed by atoms with Crippen molar-refractivity contribution in [3.05, 3.63) is 29.3 Å². The molecule has 1 aromatic carbocycles. The van der Waals surface area contributed by atoms with Crippen LogP contribution in [-0.2, 0) is 25.8 Å². The maximum Gasteiger partial charge on any atom is 0.244 e. The fourth-order valence-electron chi connectivity index (χ4n) is 3.05. The Balaban J connectivity index is 2.11. The SMILES string of the molecule is CCc1cccc(C)c1NC(=O)CN(C(C)=O)C1CCS(=O)(=O)C1. The van der Waals surface area contributed by atoms with Crippen LogP contribution in [0.1, 0.15) is 31.4 Å². The van der Waals surface area contributed by atoms with Crippen molar-refractivity contribution >= 4 is 27.3 Å². The average Bonchev–Trinajstić information content (AvgIpc) is 2.86. The number of rotatable bonds is 5. The number of nitrogens with one attached hydrogen (secondary N) is 1. The Morgan fingerprint density at radius 3 is 2.58 bits per heavy atom. The number of nitrogens with zero attached hydrogens (tertiary/aromatic N) is 1.